The van der Waals surface area contributed by atoms with E-state index in [0.29, 0.717) is 5.92 Å². The fourth-order valence-corrected chi connectivity index (χ4v) is 12.3. The number of anilines is 3. The van der Waals surface area contributed by atoms with Crippen LogP contribution in [-0.4, -0.2) is 0 Å². The van der Waals surface area contributed by atoms with Crippen LogP contribution in [0.25, 0.3) is 55.3 Å². The molecule has 0 N–H and O–H groups in total. The van der Waals surface area contributed by atoms with Crippen LogP contribution in [0.3, 0.4) is 0 Å². The number of hydrogen-bond donors (Lipinski definition) is 0. The molecule has 1 unspecified atom stereocenters. The molecule has 0 aromatic heterocycles. The van der Waals surface area contributed by atoms with Crippen LogP contribution >= 0.6 is 0 Å². The molecule has 0 amide bonds. The Kier molecular flexibility index (Phi) is 9.13. The van der Waals surface area contributed by atoms with Crippen LogP contribution in [0.5, 0.6) is 0 Å². The molecule has 0 aliphatic heterocycles. The van der Waals surface area contributed by atoms with E-state index in [1.165, 1.54) is 132 Å². The van der Waals surface area contributed by atoms with Crippen LogP contribution in [0.1, 0.15) is 92.2 Å². The maximum atomic E-state index is 2.63. The lowest BCUT2D eigenvalue weighted by molar-refractivity contribution is 0.445. The topological polar surface area (TPSA) is 3.24 Å². The maximum absolute atomic E-state index is 2.63. The normalized spacial score (nSPS) is 17.1. The van der Waals surface area contributed by atoms with Crippen LogP contribution in [-0.2, 0) is 10.8 Å². The summed E-state index contributed by atoms with van der Waals surface area (Å²) in [5.74, 6) is 0.573. The largest absolute Gasteiger partial charge is 0.309 e. The molecular weight excluding hydrogens is 771 g/mol. The molecule has 310 valence electrons. The molecule has 1 nitrogen and oxygen atoms in total. The van der Waals surface area contributed by atoms with Gasteiger partial charge in [-0.3, -0.25) is 0 Å². The second-order valence-corrected chi connectivity index (χ2v) is 19.1. The van der Waals surface area contributed by atoms with E-state index in [1.807, 2.05) is 0 Å². The average molecular weight is 824 g/mol. The van der Waals surface area contributed by atoms with Gasteiger partial charge < -0.3 is 4.90 Å². The molecule has 0 bridgehead atoms. The number of rotatable bonds is 7. The zero-order chi connectivity index (χ0) is 43.0. The zero-order valence-electron chi connectivity index (χ0n) is 37.1. The first-order valence-corrected chi connectivity index (χ1v) is 23.5. The van der Waals surface area contributed by atoms with Crippen LogP contribution in [0.2, 0.25) is 0 Å². The lowest BCUT2D eigenvalue weighted by Gasteiger charge is -2.33. The Hall–Kier alpha value is -6.96. The molecular formula is C63H53N. The van der Waals surface area contributed by atoms with Gasteiger partial charge in [-0.2, -0.15) is 0 Å². The Morgan fingerprint density at radius 3 is 1.61 bits per heavy atom. The molecule has 0 radical (unpaired) electrons. The van der Waals surface area contributed by atoms with E-state index in [2.05, 4.69) is 226 Å². The summed E-state index contributed by atoms with van der Waals surface area (Å²) in [6, 6.07) is 75.8. The molecule has 1 heteroatoms. The highest BCUT2D eigenvalue weighted by atomic mass is 15.2. The van der Waals surface area contributed by atoms with Crippen LogP contribution in [0, 0.1) is 0 Å². The quantitative estimate of drug-likeness (QED) is 0.155. The van der Waals surface area contributed by atoms with Crippen molar-refractivity contribution in [2.75, 3.05) is 4.90 Å². The fourth-order valence-electron chi connectivity index (χ4n) is 12.3. The zero-order valence-corrected chi connectivity index (χ0v) is 37.1. The molecule has 1 fully saturated rings. The summed E-state index contributed by atoms with van der Waals surface area (Å²) >= 11 is 0. The first kappa shape index (κ1) is 38.7. The van der Waals surface area contributed by atoms with Crippen molar-refractivity contribution in [3.63, 3.8) is 0 Å². The van der Waals surface area contributed by atoms with Crippen molar-refractivity contribution in [2.45, 2.75) is 69.6 Å². The molecule has 9 aromatic rings. The highest BCUT2D eigenvalue weighted by Gasteiger charge is 2.43. The lowest BCUT2D eigenvalue weighted by atomic mass is 9.74. The van der Waals surface area contributed by atoms with Crippen molar-refractivity contribution in [1.29, 1.82) is 0 Å². The van der Waals surface area contributed by atoms with Gasteiger partial charge in [0, 0.05) is 27.5 Å². The highest BCUT2D eigenvalue weighted by molar-refractivity contribution is 6.07. The van der Waals surface area contributed by atoms with Crippen molar-refractivity contribution in [3.05, 3.63) is 234 Å². The summed E-state index contributed by atoms with van der Waals surface area (Å²) in [5, 5.41) is 2.72. The summed E-state index contributed by atoms with van der Waals surface area (Å²) in [6.07, 6.45) is 6.47. The van der Waals surface area contributed by atoms with Crippen LogP contribution in [0.15, 0.2) is 200 Å². The van der Waals surface area contributed by atoms with Gasteiger partial charge in [0.2, 0.25) is 0 Å². The number of benzene rings is 9. The molecule has 0 spiro atoms. The molecule has 3 aliphatic rings. The van der Waals surface area contributed by atoms with E-state index in [1.54, 1.807) is 0 Å². The summed E-state index contributed by atoms with van der Waals surface area (Å²) < 4.78 is 0. The molecule has 3 aliphatic carbocycles. The Bertz CT molecular complexity index is 3250. The molecule has 64 heavy (non-hydrogen) atoms. The van der Waals surface area contributed by atoms with Gasteiger partial charge in [-0.05, 0) is 116 Å². The highest BCUT2D eigenvalue weighted by Crippen LogP contribution is 2.59. The minimum Gasteiger partial charge on any atom is -0.309 e. The van der Waals surface area contributed by atoms with Gasteiger partial charge in [-0.15, -0.1) is 0 Å². The average Bonchev–Trinajstić information content (AvgIpc) is 3.76. The Morgan fingerprint density at radius 2 is 0.875 bits per heavy atom. The number of hydrogen-bond acceptors (Lipinski definition) is 1. The van der Waals surface area contributed by atoms with Gasteiger partial charge >= 0.3 is 0 Å². The van der Waals surface area contributed by atoms with E-state index < -0.39 is 0 Å². The second-order valence-electron chi connectivity index (χ2n) is 19.1. The minimum atomic E-state index is -0.301. The Labute approximate surface area is 378 Å². The van der Waals surface area contributed by atoms with Gasteiger partial charge in [0.1, 0.15) is 0 Å². The smallest absolute Gasteiger partial charge is 0.0543 e. The van der Waals surface area contributed by atoms with Crippen molar-refractivity contribution in [3.8, 4) is 44.5 Å². The van der Waals surface area contributed by atoms with Crippen LogP contribution in [0.4, 0.5) is 17.1 Å². The SMILES string of the molecule is CC1(C)c2ccccc2-c2c(N(c3ccccc3-c3cccc4c3-c3ccccc3C4(C)c3ccccc3)c3ccccc3-c3cccc4cccc(C5CCCCC5)c34)cccc21. The summed E-state index contributed by atoms with van der Waals surface area (Å²) in [7, 11) is 0. The Morgan fingerprint density at radius 1 is 0.375 bits per heavy atom. The van der Waals surface area contributed by atoms with E-state index in [0.717, 1.165) is 5.69 Å². The predicted molar refractivity (Wildman–Crippen MR) is 270 cm³/mol. The van der Waals surface area contributed by atoms with Gasteiger partial charge in [-0.1, -0.05) is 215 Å². The monoisotopic (exact) mass is 823 g/mol. The number of nitrogens with zero attached hydrogens (tertiary/aromatic N) is 1. The first-order chi connectivity index (χ1) is 31.4. The first-order valence-electron chi connectivity index (χ1n) is 23.5. The molecule has 9 aromatic carbocycles. The Balaban J connectivity index is 1.15. The lowest BCUT2D eigenvalue weighted by Crippen LogP contribution is -2.22. The third kappa shape index (κ3) is 5.76. The third-order valence-corrected chi connectivity index (χ3v) is 15.4. The molecule has 0 heterocycles. The predicted octanol–water partition coefficient (Wildman–Crippen LogP) is 17.3. The van der Waals surface area contributed by atoms with E-state index >= 15 is 0 Å². The summed E-state index contributed by atoms with van der Waals surface area (Å²) in [6.45, 7) is 7.21. The number of para-hydroxylation sites is 2. The number of fused-ring (bicyclic) bond motifs is 7. The molecule has 1 atom stereocenters. The standard InChI is InChI=1S/C63H53N/c1-62(2)52-35-14-10-30-50(52)61-54(62)37-21-41-58(61)64(56-39-16-12-28-46(56)48-33-19-25-43-24-18-32-45(59(43)48)42-22-6-4-7-23-42)57-40-17-13-29-47(57)49-34-20-38-55-60(49)51-31-11-15-36-53(51)63(55,3)44-26-8-5-9-27-44/h5,8-21,24-42H,4,6-7,22-23H2,1-3H3. The van der Waals surface area contributed by atoms with Gasteiger partial charge in [-0.25, -0.2) is 0 Å². The molecule has 12 rings (SSSR count). The van der Waals surface area contributed by atoms with Crippen molar-refractivity contribution >= 4 is 27.8 Å². The fraction of sp³-hybridized carbons (Fsp3) is 0.175. The minimum absolute atomic E-state index is 0.150. The molecule has 1 saturated carbocycles. The van der Waals surface area contributed by atoms with E-state index in [-0.39, 0.29) is 10.8 Å². The summed E-state index contributed by atoms with van der Waals surface area (Å²) in [4.78, 5) is 2.63. The van der Waals surface area contributed by atoms with Crippen molar-refractivity contribution in [1.82, 2.24) is 0 Å². The van der Waals surface area contributed by atoms with Crippen molar-refractivity contribution in [2.24, 2.45) is 0 Å². The van der Waals surface area contributed by atoms with Gasteiger partial charge in [0.25, 0.3) is 0 Å². The van der Waals surface area contributed by atoms with E-state index in [9.17, 15) is 0 Å². The maximum Gasteiger partial charge on any atom is 0.0543 e. The third-order valence-electron chi connectivity index (χ3n) is 15.4. The van der Waals surface area contributed by atoms with Crippen molar-refractivity contribution < 1.29 is 0 Å². The second kappa shape index (κ2) is 15.1. The van der Waals surface area contributed by atoms with E-state index in [4.69, 9.17) is 0 Å². The molecule has 0 saturated heterocycles. The van der Waals surface area contributed by atoms with Crippen LogP contribution < -0.4 is 4.90 Å². The summed E-state index contributed by atoms with van der Waals surface area (Å²) in [5.41, 5.74) is 21.6. The van der Waals surface area contributed by atoms with Gasteiger partial charge in [0.15, 0.2) is 0 Å². The van der Waals surface area contributed by atoms with Gasteiger partial charge in [0.05, 0.1) is 17.1 Å².